The molecule has 67 heavy (non-hydrogen) atoms. The van der Waals surface area contributed by atoms with Crippen LogP contribution in [0.1, 0.15) is 226 Å². The molecule has 10 heteroatoms. The molecule has 0 saturated heterocycles. The van der Waals surface area contributed by atoms with Crippen LogP contribution in [0.4, 0.5) is 0 Å². The number of amides is 1. The summed E-state index contributed by atoms with van der Waals surface area (Å²) in [5.74, 6) is -0.564. The van der Waals surface area contributed by atoms with E-state index in [1.807, 2.05) is 33.3 Å². The number of nitrogens with zero attached hydrogens (tertiary/aromatic N) is 1. The van der Waals surface area contributed by atoms with Crippen LogP contribution >= 0.6 is 7.82 Å². The molecular formula is C57H104N2O7P+. The lowest BCUT2D eigenvalue weighted by Gasteiger charge is -2.27. The number of ether oxygens (including phenoxy) is 1. The second-order valence-corrected chi connectivity index (χ2v) is 20.8. The second kappa shape index (κ2) is 47.1. The highest BCUT2D eigenvalue weighted by Gasteiger charge is 2.30. The van der Waals surface area contributed by atoms with Gasteiger partial charge in [0.2, 0.25) is 5.91 Å². The molecule has 9 nitrogen and oxygen atoms in total. The van der Waals surface area contributed by atoms with Gasteiger partial charge >= 0.3 is 13.8 Å². The minimum atomic E-state index is -4.45. The molecule has 0 fully saturated rings. The molecule has 0 aromatic rings. The summed E-state index contributed by atoms with van der Waals surface area (Å²) in [6.07, 6.45) is 59.0. The highest BCUT2D eigenvalue weighted by atomic mass is 31.2. The van der Waals surface area contributed by atoms with E-state index in [0.29, 0.717) is 23.9 Å². The Labute approximate surface area is 413 Å². The zero-order valence-electron chi connectivity index (χ0n) is 44.1. The van der Waals surface area contributed by atoms with Crippen LogP contribution in [0.25, 0.3) is 0 Å². The summed E-state index contributed by atoms with van der Waals surface area (Å²) in [5.41, 5.74) is 0. The van der Waals surface area contributed by atoms with Crippen LogP contribution in [0.3, 0.4) is 0 Å². The molecule has 0 aliphatic rings. The largest absolute Gasteiger partial charge is 0.472 e. The zero-order chi connectivity index (χ0) is 49.4. The number of carbonyl (C=O) groups is 2. The molecule has 388 valence electrons. The number of allylic oxidation sites excluding steroid dienone is 11. The first-order chi connectivity index (χ1) is 32.4. The van der Waals surface area contributed by atoms with Crippen LogP contribution in [-0.4, -0.2) is 74.3 Å². The van der Waals surface area contributed by atoms with Crippen LogP contribution in [0.5, 0.6) is 0 Å². The Morgan fingerprint density at radius 2 is 0.955 bits per heavy atom. The summed E-state index contributed by atoms with van der Waals surface area (Å²) >= 11 is 0. The number of phosphoric acid groups is 1. The van der Waals surface area contributed by atoms with Crippen molar-refractivity contribution in [2.45, 2.75) is 238 Å². The SMILES string of the molecule is CC/C=C/C/C=C/C/C=C/C/C=C/CCCCCC(=O)NC(COP(=O)(O)OCC[N+](C)(C)C)C(/C=C/CCCCCCCCCCC)OC(=O)CCCCC/C=C\CCCCCCCCC. The Bertz CT molecular complexity index is 1380. The van der Waals surface area contributed by atoms with E-state index in [2.05, 4.69) is 86.8 Å². The van der Waals surface area contributed by atoms with E-state index in [1.165, 1.54) is 89.9 Å². The van der Waals surface area contributed by atoms with E-state index in [9.17, 15) is 19.0 Å². The van der Waals surface area contributed by atoms with Crippen molar-refractivity contribution < 1.29 is 37.3 Å². The minimum absolute atomic E-state index is 0.0290. The van der Waals surface area contributed by atoms with Crippen molar-refractivity contribution in [3.63, 3.8) is 0 Å². The molecule has 0 aromatic carbocycles. The maximum absolute atomic E-state index is 13.4. The average molecular weight is 960 g/mol. The van der Waals surface area contributed by atoms with E-state index in [1.54, 1.807) is 0 Å². The van der Waals surface area contributed by atoms with Gasteiger partial charge in [-0.05, 0) is 96.0 Å². The van der Waals surface area contributed by atoms with Crippen molar-refractivity contribution in [3.8, 4) is 0 Å². The molecule has 0 rings (SSSR count). The topological polar surface area (TPSA) is 111 Å². The van der Waals surface area contributed by atoms with Crippen molar-refractivity contribution >= 4 is 19.7 Å². The summed E-state index contributed by atoms with van der Waals surface area (Å²) < 4.78 is 30.5. The number of hydrogen-bond acceptors (Lipinski definition) is 6. The molecule has 1 amide bonds. The number of phosphoric ester groups is 1. The fraction of sp³-hybridized carbons (Fsp3) is 0.754. The third kappa shape index (κ3) is 48.3. The first kappa shape index (κ1) is 64.5. The number of carbonyl (C=O) groups excluding carboxylic acids is 2. The monoisotopic (exact) mass is 960 g/mol. The van der Waals surface area contributed by atoms with Crippen LogP contribution in [0, 0.1) is 0 Å². The summed E-state index contributed by atoms with van der Waals surface area (Å²) in [6.45, 7) is 6.83. The molecule has 0 aromatic heterocycles. The molecule has 0 aliphatic heterocycles. The van der Waals surface area contributed by atoms with E-state index in [4.69, 9.17) is 13.8 Å². The third-order valence-electron chi connectivity index (χ3n) is 11.6. The van der Waals surface area contributed by atoms with E-state index >= 15 is 0 Å². The Morgan fingerprint density at radius 1 is 0.537 bits per heavy atom. The minimum Gasteiger partial charge on any atom is -0.456 e. The maximum atomic E-state index is 13.4. The Balaban J connectivity index is 5.46. The number of nitrogens with one attached hydrogen (secondary N) is 1. The summed E-state index contributed by atoms with van der Waals surface area (Å²) in [6, 6.07) is -0.871. The number of quaternary nitrogens is 1. The zero-order valence-corrected chi connectivity index (χ0v) is 45.0. The Morgan fingerprint density at radius 3 is 1.45 bits per heavy atom. The van der Waals surface area contributed by atoms with Crippen molar-refractivity contribution in [2.24, 2.45) is 0 Å². The first-order valence-electron chi connectivity index (χ1n) is 27.3. The van der Waals surface area contributed by atoms with Gasteiger partial charge in [-0.2, -0.15) is 0 Å². The van der Waals surface area contributed by atoms with Gasteiger partial charge < -0.3 is 19.4 Å². The van der Waals surface area contributed by atoms with Crippen LogP contribution in [-0.2, 0) is 27.9 Å². The van der Waals surface area contributed by atoms with Crippen molar-refractivity contribution in [3.05, 3.63) is 72.9 Å². The van der Waals surface area contributed by atoms with Gasteiger partial charge in [-0.15, -0.1) is 0 Å². The van der Waals surface area contributed by atoms with Crippen LogP contribution in [0.2, 0.25) is 0 Å². The summed E-state index contributed by atoms with van der Waals surface area (Å²) in [5, 5.41) is 3.02. The van der Waals surface area contributed by atoms with Crippen LogP contribution in [0.15, 0.2) is 72.9 Å². The molecule has 3 unspecified atom stereocenters. The van der Waals surface area contributed by atoms with E-state index in [0.717, 1.165) is 89.9 Å². The maximum Gasteiger partial charge on any atom is 0.472 e. The van der Waals surface area contributed by atoms with Gasteiger partial charge in [0, 0.05) is 12.8 Å². The van der Waals surface area contributed by atoms with Crippen LogP contribution < -0.4 is 5.32 Å². The fourth-order valence-electron chi connectivity index (χ4n) is 7.39. The number of esters is 1. The average Bonchev–Trinajstić information content (AvgIpc) is 3.28. The Kier molecular flexibility index (Phi) is 45.3. The van der Waals surface area contributed by atoms with Crippen molar-refractivity contribution in [1.82, 2.24) is 5.32 Å². The van der Waals surface area contributed by atoms with Gasteiger partial charge in [0.25, 0.3) is 0 Å². The molecule has 0 saturated carbocycles. The van der Waals surface area contributed by atoms with Gasteiger partial charge in [-0.3, -0.25) is 18.6 Å². The summed E-state index contributed by atoms with van der Waals surface area (Å²) in [7, 11) is 1.46. The lowest BCUT2D eigenvalue weighted by atomic mass is 10.1. The molecule has 3 atom stereocenters. The number of unbranched alkanes of at least 4 members (excludes halogenated alkanes) is 22. The molecule has 0 radical (unpaired) electrons. The molecular weight excluding hydrogens is 856 g/mol. The smallest absolute Gasteiger partial charge is 0.456 e. The van der Waals surface area contributed by atoms with Gasteiger partial charge in [0.15, 0.2) is 0 Å². The normalized spacial score (nSPS) is 14.4. The predicted molar refractivity (Wildman–Crippen MR) is 286 cm³/mol. The molecule has 0 spiro atoms. The van der Waals surface area contributed by atoms with Crippen molar-refractivity contribution in [2.75, 3.05) is 40.9 Å². The van der Waals surface area contributed by atoms with Gasteiger partial charge in [0.05, 0.1) is 33.8 Å². The molecule has 2 N–H and O–H groups in total. The number of rotatable bonds is 48. The standard InChI is InChI=1S/C57H103N2O7P/c1-7-10-13-16-19-22-25-27-29-30-31-34-37-40-43-46-49-56(60)58-54(53-65-67(62,63)64-52-51-59(4,5)6)55(48-45-42-39-36-33-24-21-18-15-12-9-3)66-57(61)50-47-44-41-38-35-32-28-26-23-20-17-14-11-8-2/h10,13,19,22,27,29,31-32,34-35,45,48,54-55H,7-9,11-12,14-18,20-21,23-26,28,30,33,36-44,46-47,49-53H2,1-6H3,(H-,58,60,62,63)/p+1/b13-10+,22-19+,29-27+,34-31+,35-32-,48-45+. The lowest BCUT2D eigenvalue weighted by molar-refractivity contribution is -0.870. The first-order valence-corrected chi connectivity index (χ1v) is 28.8. The quantitative estimate of drug-likeness (QED) is 0.0205. The number of hydrogen-bond donors (Lipinski definition) is 2. The van der Waals surface area contributed by atoms with E-state index in [-0.39, 0.29) is 37.9 Å². The highest BCUT2D eigenvalue weighted by molar-refractivity contribution is 7.47. The molecule has 0 aliphatic carbocycles. The van der Waals surface area contributed by atoms with Gasteiger partial charge in [-0.25, -0.2) is 4.57 Å². The predicted octanol–water partition coefficient (Wildman–Crippen LogP) is 16.1. The summed E-state index contributed by atoms with van der Waals surface area (Å²) in [4.78, 5) is 37.5. The highest BCUT2D eigenvalue weighted by Crippen LogP contribution is 2.43. The fourth-order valence-corrected chi connectivity index (χ4v) is 8.13. The van der Waals surface area contributed by atoms with Crippen molar-refractivity contribution in [1.29, 1.82) is 0 Å². The third-order valence-corrected chi connectivity index (χ3v) is 12.6. The second-order valence-electron chi connectivity index (χ2n) is 19.4. The van der Waals surface area contributed by atoms with Gasteiger partial charge in [-0.1, -0.05) is 190 Å². The lowest BCUT2D eigenvalue weighted by Crippen LogP contribution is -2.47. The number of likely N-dealkylation sites (N-methyl/N-ethyl adjacent to an activating group) is 1. The molecule has 0 heterocycles. The van der Waals surface area contributed by atoms with E-state index < -0.39 is 20.0 Å². The van der Waals surface area contributed by atoms with Gasteiger partial charge in [0.1, 0.15) is 19.3 Å². The molecule has 0 bridgehead atoms. The Hall–Kier alpha value is -2.55.